The van der Waals surface area contributed by atoms with E-state index in [-0.39, 0.29) is 37.5 Å². The molecule has 0 saturated heterocycles. The lowest BCUT2D eigenvalue weighted by atomic mass is 10.0. The molecule has 0 radical (unpaired) electrons. The number of ether oxygens (including phenoxy) is 3. The van der Waals surface area contributed by atoms with Crippen molar-refractivity contribution in [1.29, 1.82) is 0 Å². The Morgan fingerprint density at radius 1 is 0.256 bits per heavy atom. The zero-order valence-electron chi connectivity index (χ0n) is 52.7. The molecule has 0 aromatic heterocycles. The molecule has 0 bridgehead atoms. The zero-order chi connectivity index (χ0) is 59.2. The first kappa shape index (κ1) is 76.8. The van der Waals surface area contributed by atoms with Gasteiger partial charge in [0.1, 0.15) is 13.2 Å². The fourth-order valence-electron chi connectivity index (χ4n) is 8.59. The number of unbranched alkanes of at least 4 members (excludes halogenated alkanes) is 19. The second-order valence-electron chi connectivity index (χ2n) is 21.3. The quantitative estimate of drug-likeness (QED) is 0.0261. The van der Waals surface area contributed by atoms with Crippen LogP contribution in [0.15, 0.2) is 170 Å². The molecule has 0 saturated carbocycles. The summed E-state index contributed by atoms with van der Waals surface area (Å²) in [6.45, 7) is 6.33. The largest absolute Gasteiger partial charge is 0.462 e. The van der Waals surface area contributed by atoms with Crippen LogP contribution < -0.4 is 0 Å². The first-order chi connectivity index (χ1) is 40.5. The van der Waals surface area contributed by atoms with E-state index < -0.39 is 6.10 Å². The van der Waals surface area contributed by atoms with Crippen LogP contribution in [0, 0.1) is 0 Å². The maximum atomic E-state index is 12.9. The number of carbonyl (C=O) groups excluding carboxylic acids is 3. The topological polar surface area (TPSA) is 78.9 Å². The number of esters is 3. The summed E-state index contributed by atoms with van der Waals surface area (Å²) in [4.78, 5) is 38.2. The number of hydrogen-bond donors (Lipinski definition) is 0. The van der Waals surface area contributed by atoms with Crippen LogP contribution in [0.25, 0.3) is 0 Å². The first-order valence-electron chi connectivity index (χ1n) is 33.1. The van der Waals surface area contributed by atoms with Gasteiger partial charge in [0.2, 0.25) is 0 Å². The van der Waals surface area contributed by atoms with Gasteiger partial charge in [-0.3, -0.25) is 14.4 Å². The molecule has 0 fully saturated rings. The highest BCUT2D eigenvalue weighted by Crippen LogP contribution is 2.15. The minimum Gasteiger partial charge on any atom is -0.462 e. The number of carbonyl (C=O) groups is 3. The Morgan fingerprint density at radius 3 is 0.780 bits per heavy atom. The molecule has 6 heteroatoms. The van der Waals surface area contributed by atoms with Gasteiger partial charge in [-0.05, 0) is 128 Å². The van der Waals surface area contributed by atoms with Crippen LogP contribution in [-0.4, -0.2) is 37.2 Å². The summed E-state index contributed by atoms with van der Waals surface area (Å²) in [5, 5.41) is 0. The summed E-state index contributed by atoms with van der Waals surface area (Å²) in [7, 11) is 0. The highest BCUT2D eigenvalue weighted by Gasteiger charge is 2.19. The summed E-state index contributed by atoms with van der Waals surface area (Å²) in [6, 6.07) is 0. The van der Waals surface area contributed by atoms with Crippen molar-refractivity contribution in [3.05, 3.63) is 170 Å². The van der Waals surface area contributed by atoms with E-state index in [1.807, 2.05) is 0 Å². The van der Waals surface area contributed by atoms with Crippen molar-refractivity contribution < 1.29 is 28.6 Å². The van der Waals surface area contributed by atoms with E-state index in [0.717, 1.165) is 135 Å². The average Bonchev–Trinajstić information content (AvgIpc) is 3.47. The van der Waals surface area contributed by atoms with Crippen molar-refractivity contribution in [3.8, 4) is 0 Å². The van der Waals surface area contributed by atoms with Crippen LogP contribution in [0.5, 0.6) is 0 Å². The van der Waals surface area contributed by atoms with Crippen LogP contribution in [0.2, 0.25) is 0 Å². The molecule has 0 spiro atoms. The SMILES string of the molecule is CC/C=C\C/C=C\C/C=C\C/C=C\C/C=C\C/C=C\C/C=C\CCCCCCCCCCCCCC(=O)OCC(COC(=O)CCCCCCCCCC)OC(=O)CCC/C=C\C/C=C\C/C=C\C/C=C\C/C=C\C/C=C\C/C=C\CC. The van der Waals surface area contributed by atoms with Crippen LogP contribution in [0.1, 0.15) is 271 Å². The minimum atomic E-state index is -0.816. The number of hydrogen-bond acceptors (Lipinski definition) is 6. The normalized spacial score (nSPS) is 13.3. The Kier molecular flexibility index (Phi) is 63.9. The van der Waals surface area contributed by atoms with E-state index in [1.165, 1.54) is 89.9 Å². The zero-order valence-corrected chi connectivity index (χ0v) is 52.7. The van der Waals surface area contributed by atoms with Crippen molar-refractivity contribution in [2.24, 2.45) is 0 Å². The highest BCUT2D eigenvalue weighted by atomic mass is 16.6. The lowest BCUT2D eigenvalue weighted by Crippen LogP contribution is -2.30. The van der Waals surface area contributed by atoms with E-state index in [0.29, 0.717) is 19.3 Å². The predicted octanol–water partition coefficient (Wildman–Crippen LogP) is 23.0. The lowest BCUT2D eigenvalue weighted by Gasteiger charge is -2.18. The third-order valence-corrected chi connectivity index (χ3v) is 13.5. The van der Waals surface area contributed by atoms with Gasteiger partial charge in [-0.15, -0.1) is 0 Å². The van der Waals surface area contributed by atoms with E-state index in [4.69, 9.17) is 14.2 Å². The summed E-state index contributed by atoms with van der Waals surface area (Å²) < 4.78 is 16.8. The minimum absolute atomic E-state index is 0.107. The molecule has 0 aliphatic rings. The molecule has 0 N–H and O–H groups in total. The predicted molar refractivity (Wildman–Crippen MR) is 357 cm³/mol. The Morgan fingerprint density at radius 2 is 0.488 bits per heavy atom. The summed E-state index contributed by atoms with van der Waals surface area (Å²) in [5.74, 6) is -0.978. The second-order valence-corrected chi connectivity index (χ2v) is 21.3. The van der Waals surface area contributed by atoms with Crippen molar-refractivity contribution in [2.45, 2.75) is 277 Å². The smallest absolute Gasteiger partial charge is 0.306 e. The van der Waals surface area contributed by atoms with Crippen LogP contribution in [0.4, 0.5) is 0 Å². The molecule has 0 rings (SSSR count). The van der Waals surface area contributed by atoms with Gasteiger partial charge in [-0.1, -0.05) is 294 Å². The average molecular weight is 1130 g/mol. The molecule has 1 unspecified atom stereocenters. The van der Waals surface area contributed by atoms with E-state index in [2.05, 4.69) is 191 Å². The molecule has 0 heterocycles. The van der Waals surface area contributed by atoms with Crippen LogP contribution >= 0.6 is 0 Å². The highest BCUT2D eigenvalue weighted by molar-refractivity contribution is 5.71. The fraction of sp³-hybridized carbons (Fsp3) is 0.592. The van der Waals surface area contributed by atoms with Crippen molar-refractivity contribution in [2.75, 3.05) is 13.2 Å². The fourth-order valence-corrected chi connectivity index (χ4v) is 8.59. The Hall–Kier alpha value is -5.23. The van der Waals surface area contributed by atoms with E-state index >= 15 is 0 Å². The molecule has 1 atom stereocenters. The van der Waals surface area contributed by atoms with Gasteiger partial charge < -0.3 is 14.2 Å². The Bertz CT molecular complexity index is 1870. The van der Waals surface area contributed by atoms with Gasteiger partial charge in [-0.25, -0.2) is 0 Å². The molecule has 0 aromatic rings. The summed E-state index contributed by atoms with van der Waals surface area (Å²) in [6.07, 6.45) is 101. The molecule has 0 aliphatic carbocycles. The van der Waals surface area contributed by atoms with Crippen molar-refractivity contribution in [3.63, 3.8) is 0 Å². The molecule has 82 heavy (non-hydrogen) atoms. The second kappa shape index (κ2) is 68.3. The van der Waals surface area contributed by atoms with E-state index in [9.17, 15) is 14.4 Å². The third kappa shape index (κ3) is 65.6. The van der Waals surface area contributed by atoms with Gasteiger partial charge in [0.05, 0.1) is 0 Å². The van der Waals surface area contributed by atoms with E-state index in [1.54, 1.807) is 0 Å². The van der Waals surface area contributed by atoms with Gasteiger partial charge in [-0.2, -0.15) is 0 Å². The lowest BCUT2D eigenvalue weighted by molar-refractivity contribution is -0.167. The van der Waals surface area contributed by atoms with Gasteiger partial charge >= 0.3 is 17.9 Å². The monoisotopic (exact) mass is 1130 g/mol. The maximum Gasteiger partial charge on any atom is 0.306 e. The van der Waals surface area contributed by atoms with Gasteiger partial charge in [0.15, 0.2) is 6.10 Å². The molecule has 0 aliphatic heterocycles. The standard InChI is InChI=1S/C76H120O6/c1-4-7-10-13-16-19-21-23-25-27-29-31-33-34-35-36-37-38-39-40-41-42-44-45-47-49-51-53-55-57-60-63-66-69-75(78)81-72-73(71-80-74(77)68-65-62-59-18-15-12-9-6-3)82-76(79)70-67-64-61-58-56-54-52-50-48-46-43-32-30-28-26-24-22-20-17-14-11-8-5-2/h7-8,10-11,16-17,19-20,23-26,29-32,34-35,37-38,40-41,46,48,52,54,58,61,73H,4-6,9,12-15,18,21-22,27-28,33,36,39,42-45,47,49-51,53,55-57,59-60,62-72H2,1-3H3/b10-7-,11-8-,19-16-,20-17-,25-23-,26-24-,31-29-,32-30-,35-34-,38-37-,41-40-,48-46-,54-52-,61-58-. The summed E-state index contributed by atoms with van der Waals surface area (Å²) >= 11 is 0. The first-order valence-corrected chi connectivity index (χ1v) is 33.1. The van der Waals surface area contributed by atoms with Crippen molar-refractivity contribution >= 4 is 17.9 Å². The number of allylic oxidation sites excluding steroid dienone is 28. The number of rotatable bonds is 58. The Labute approximate surface area is 504 Å². The van der Waals surface area contributed by atoms with Gasteiger partial charge in [0.25, 0.3) is 0 Å². The Balaban J connectivity index is 4.26. The summed E-state index contributed by atoms with van der Waals surface area (Å²) in [5.41, 5.74) is 0. The van der Waals surface area contributed by atoms with Gasteiger partial charge in [0, 0.05) is 19.3 Å². The third-order valence-electron chi connectivity index (χ3n) is 13.5. The van der Waals surface area contributed by atoms with Crippen LogP contribution in [0.3, 0.4) is 0 Å². The molecule has 460 valence electrons. The molecule has 0 aromatic carbocycles. The molecule has 6 nitrogen and oxygen atoms in total. The molecule has 0 amide bonds. The van der Waals surface area contributed by atoms with Crippen molar-refractivity contribution in [1.82, 2.24) is 0 Å². The maximum absolute atomic E-state index is 12.9. The van der Waals surface area contributed by atoms with Crippen LogP contribution in [-0.2, 0) is 28.6 Å². The molecular weight excluding hydrogens is 1010 g/mol. The molecular formula is C76H120O6.